The lowest BCUT2D eigenvalue weighted by molar-refractivity contribution is -0.139. The normalized spacial score (nSPS) is 11.7. The van der Waals surface area contributed by atoms with E-state index in [-0.39, 0.29) is 22.3 Å². The minimum atomic E-state index is -1.17. The van der Waals surface area contributed by atoms with E-state index in [1.807, 2.05) is 0 Å². The predicted molar refractivity (Wildman–Crippen MR) is 65.8 cm³/mol. The quantitative estimate of drug-likeness (QED) is 0.802. The molecule has 0 aromatic carbocycles. The van der Waals surface area contributed by atoms with Crippen molar-refractivity contribution in [2.24, 2.45) is 0 Å². The van der Waals surface area contributed by atoms with Gasteiger partial charge in [0.1, 0.15) is 6.04 Å². The molecule has 0 fully saturated rings. The van der Waals surface area contributed by atoms with Crippen molar-refractivity contribution in [3.63, 3.8) is 0 Å². The lowest BCUT2D eigenvalue weighted by atomic mass is 10.2. The smallest absolute Gasteiger partial charge is 0.326 e. The van der Waals surface area contributed by atoms with Crippen LogP contribution >= 0.6 is 23.2 Å². The summed E-state index contributed by atoms with van der Waals surface area (Å²) in [5.74, 6) is -1.86. The van der Waals surface area contributed by atoms with Gasteiger partial charge in [-0.05, 0) is 12.5 Å². The monoisotopic (exact) mass is 289 g/mol. The van der Waals surface area contributed by atoms with Crippen molar-refractivity contribution in [2.75, 3.05) is 0 Å². The molecule has 0 bridgehead atoms. The van der Waals surface area contributed by atoms with E-state index in [1.54, 1.807) is 0 Å². The van der Waals surface area contributed by atoms with Crippen LogP contribution in [0.4, 0.5) is 0 Å². The van der Waals surface area contributed by atoms with Crippen LogP contribution in [0.15, 0.2) is 18.7 Å². The first-order chi connectivity index (χ1) is 8.45. The first-order valence-electron chi connectivity index (χ1n) is 4.79. The van der Waals surface area contributed by atoms with Crippen molar-refractivity contribution >= 4 is 35.1 Å². The van der Waals surface area contributed by atoms with Gasteiger partial charge in [-0.15, -0.1) is 16.8 Å². The molecule has 1 amide bonds. The van der Waals surface area contributed by atoms with Gasteiger partial charge in [0.15, 0.2) is 10.3 Å². The third-order valence-corrected chi connectivity index (χ3v) is 2.43. The molecule has 1 heterocycles. The highest BCUT2D eigenvalue weighted by atomic mass is 35.5. The Labute approximate surface area is 113 Å². The molecule has 2 N–H and O–H groups in total. The standard InChI is InChI=1S/C10H9Cl2N3O3/c1-2-3-6(10(17)18)13-9(16)5-4-7(11)14-15-8(5)12/h2,4,6H,1,3H2,(H,13,16)(H,17,18). The lowest BCUT2D eigenvalue weighted by Gasteiger charge is -2.12. The highest BCUT2D eigenvalue weighted by Gasteiger charge is 2.21. The number of rotatable bonds is 5. The van der Waals surface area contributed by atoms with Crippen molar-refractivity contribution < 1.29 is 14.7 Å². The lowest BCUT2D eigenvalue weighted by Crippen LogP contribution is -2.40. The van der Waals surface area contributed by atoms with Crippen molar-refractivity contribution in [1.29, 1.82) is 0 Å². The molecule has 1 aromatic heterocycles. The van der Waals surface area contributed by atoms with Crippen LogP contribution in [0.1, 0.15) is 16.8 Å². The molecule has 1 atom stereocenters. The number of amides is 1. The molecule has 0 spiro atoms. The largest absolute Gasteiger partial charge is 0.480 e. The number of nitrogens with one attached hydrogen (secondary N) is 1. The molecule has 0 radical (unpaired) electrons. The van der Waals surface area contributed by atoms with E-state index in [9.17, 15) is 9.59 Å². The number of hydrogen-bond acceptors (Lipinski definition) is 4. The van der Waals surface area contributed by atoms with Gasteiger partial charge in [-0.2, -0.15) is 0 Å². The number of carboxylic acids is 1. The molecular weight excluding hydrogens is 281 g/mol. The number of halogens is 2. The first-order valence-corrected chi connectivity index (χ1v) is 5.54. The van der Waals surface area contributed by atoms with Crippen LogP contribution in [-0.2, 0) is 4.79 Å². The number of nitrogens with zero attached hydrogens (tertiary/aromatic N) is 2. The topological polar surface area (TPSA) is 92.2 Å². The third-order valence-electron chi connectivity index (χ3n) is 1.97. The van der Waals surface area contributed by atoms with E-state index in [0.717, 1.165) is 0 Å². The van der Waals surface area contributed by atoms with Crippen LogP contribution in [0.3, 0.4) is 0 Å². The molecule has 1 rings (SSSR count). The summed E-state index contributed by atoms with van der Waals surface area (Å²) in [5.41, 5.74) is -0.0352. The Morgan fingerprint density at radius 1 is 1.50 bits per heavy atom. The Hall–Kier alpha value is -1.66. The number of carbonyl (C=O) groups is 2. The van der Waals surface area contributed by atoms with Gasteiger partial charge in [0.2, 0.25) is 0 Å². The van der Waals surface area contributed by atoms with Gasteiger partial charge in [0, 0.05) is 0 Å². The SMILES string of the molecule is C=CCC(NC(=O)c1cc(Cl)nnc1Cl)C(=O)O. The maximum absolute atomic E-state index is 11.8. The predicted octanol–water partition coefficient (Wildman–Crippen LogP) is 1.54. The van der Waals surface area contributed by atoms with E-state index >= 15 is 0 Å². The molecular formula is C10H9Cl2N3O3. The van der Waals surface area contributed by atoms with Crippen molar-refractivity contribution in [2.45, 2.75) is 12.5 Å². The second kappa shape index (κ2) is 6.32. The first kappa shape index (κ1) is 14.4. The third kappa shape index (κ3) is 3.68. The summed E-state index contributed by atoms with van der Waals surface area (Å²) in [5, 5.41) is 17.9. The Morgan fingerprint density at radius 3 is 2.72 bits per heavy atom. The summed E-state index contributed by atoms with van der Waals surface area (Å²) in [6.45, 7) is 3.41. The molecule has 1 aromatic rings. The van der Waals surface area contributed by atoms with Crippen LogP contribution in [0.5, 0.6) is 0 Å². The fourth-order valence-corrected chi connectivity index (χ4v) is 1.46. The van der Waals surface area contributed by atoms with E-state index in [0.29, 0.717) is 0 Å². The maximum Gasteiger partial charge on any atom is 0.326 e. The van der Waals surface area contributed by atoms with Gasteiger partial charge < -0.3 is 10.4 Å². The van der Waals surface area contributed by atoms with Crippen LogP contribution in [-0.4, -0.2) is 33.2 Å². The summed E-state index contributed by atoms with van der Waals surface area (Å²) in [7, 11) is 0. The Kier molecular flexibility index (Phi) is 5.06. The van der Waals surface area contributed by atoms with Gasteiger partial charge >= 0.3 is 5.97 Å². The average Bonchev–Trinajstić information content (AvgIpc) is 2.31. The van der Waals surface area contributed by atoms with Crippen LogP contribution in [0.25, 0.3) is 0 Å². The van der Waals surface area contributed by atoms with Crippen LogP contribution in [0.2, 0.25) is 10.3 Å². The molecule has 0 aliphatic carbocycles. The Morgan fingerprint density at radius 2 is 2.17 bits per heavy atom. The molecule has 96 valence electrons. The van der Waals surface area contributed by atoms with Gasteiger partial charge in [-0.3, -0.25) is 4.79 Å². The zero-order valence-electron chi connectivity index (χ0n) is 9.06. The average molecular weight is 290 g/mol. The van der Waals surface area contributed by atoms with Gasteiger partial charge in [-0.1, -0.05) is 29.3 Å². The summed E-state index contributed by atoms with van der Waals surface area (Å²) in [4.78, 5) is 22.6. The summed E-state index contributed by atoms with van der Waals surface area (Å²) >= 11 is 11.2. The summed E-state index contributed by atoms with van der Waals surface area (Å²) in [6.07, 6.45) is 1.48. The molecule has 0 saturated heterocycles. The molecule has 0 aliphatic heterocycles. The number of carbonyl (C=O) groups excluding carboxylic acids is 1. The van der Waals surface area contributed by atoms with Gasteiger partial charge in [0.05, 0.1) is 5.56 Å². The molecule has 1 unspecified atom stereocenters. The van der Waals surface area contributed by atoms with E-state index in [2.05, 4.69) is 22.1 Å². The highest BCUT2D eigenvalue weighted by molar-refractivity contribution is 6.34. The fraction of sp³-hybridized carbons (Fsp3) is 0.200. The number of hydrogen-bond donors (Lipinski definition) is 2. The van der Waals surface area contributed by atoms with E-state index in [4.69, 9.17) is 28.3 Å². The summed E-state index contributed by atoms with van der Waals surface area (Å²) in [6, 6.07) is 0.122. The van der Waals surface area contributed by atoms with Gasteiger partial charge in [-0.25, -0.2) is 4.79 Å². The zero-order valence-corrected chi connectivity index (χ0v) is 10.6. The van der Waals surface area contributed by atoms with E-state index < -0.39 is 17.9 Å². The molecule has 0 aliphatic rings. The maximum atomic E-state index is 11.8. The second-order valence-corrected chi connectivity index (χ2v) is 4.01. The minimum Gasteiger partial charge on any atom is -0.480 e. The number of carboxylic acid groups (broad SMARTS) is 1. The molecule has 8 heteroatoms. The number of aromatic nitrogens is 2. The van der Waals surface area contributed by atoms with Crippen molar-refractivity contribution in [3.8, 4) is 0 Å². The van der Waals surface area contributed by atoms with Crippen molar-refractivity contribution in [1.82, 2.24) is 15.5 Å². The second-order valence-electron chi connectivity index (χ2n) is 3.26. The Bertz CT molecular complexity index is 493. The highest BCUT2D eigenvalue weighted by Crippen LogP contribution is 2.15. The molecule has 6 nitrogen and oxygen atoms in total. The molecule has 18 heavy (non-hydrogen) atoms. The van der Waals surface area contributed by atoms with Crippen LogP contribution < -0.4 is 5.32 Å². The summed E-state index contributed by atoms with van der Waals surface area (Å²) < 4.78 is 0. The minimum absolute atomic E-state index is 0.0138. The van der Waals surface area contributed by atoms with Crippen LogP contribution in [0, 0.1) is 0 Å². The molecule has 0 saturated carbocycles. The van der Waals surface area contributed by atoms with Gasteiger partial charge in [0.25, 0.3) is 5.91 Å². The Balaban J connectivity index is 2.89. The zero-order chi connectivity index (χ0) is 13.7. The van der Waals surface area contributed by atoms with E-state index in [1.165, 1.54) is 12.1 Å². The fourth-order valence-electron chi connectivity index (χ4n) is 1.14. The van der Waals surface area contributed by atoms with Crippen molar-refractivity contribution in [3.05, 3.63) is 34.6 Å². The number of aliphatic carboxylic acids is 1.